The van der Waals surface area contributed by atoms with Gasteiger partial charge in [0.15, 0.2) is 4.77 Å². The summed E-state index contributed by atoms with van der Waals surface area (Å²) in [7, 11) is 0. The number of carboxylic acids is 1. The summed E-state index contributed by atoms with van der Waals surface area (Å²) >= 11 is 10.8. The van der Waals surface area contributed by atoms with Crippen molar-refractivity contribution in [2.24, 2.45) is 4.99 Å². The number of nitrogens with one attached hydrogen (secondary N) is 1. The van der Waals surface area contributed by atoms with Gasteiger partial charge in [-0.2, -0.15) is 0 Å². The smallest absolute Gasteiger partial charge is 0.335 e. The predicted molar refractivity (Wildman–Crippen MR) is 105 cm³/mol. The number of carboxylic acid groups (broad SMARTS) is 1. The van der Waals surface area contributed by atoms with E-state index in [0.717, 1.165) is 16.8 Å². The molecule has 142 valence electrons. The lowest BCUT2D eigenvalue weighted by atomic mass is 10.2. The Morgan fingerprint density at radius 2 is 2.04 bits per heavy atom. The Morgan fingerprint density at radius 1 is 1.29 bits per heavy atom. The van der Waals surface area contributed by atoms with Crippen LogP contribution in [0.15, 0.2) is 52.3 Å². The number of hydrogen-bond donors (Lipinski definition) is 3. The van der Waals surface area contributed by atoms with Crippen LogP contribution in [0.2, 0.25) is 5.02 Å². The maximum atomic E-state index is 13.4. The van der Waals surface area contributed by atoms with Crippen molar-refractivity contribution in [3.8, 4) is 11.6 Å². The van der Waals surface area contributed by atoms with Crippen molar-refractivity contribution in [2.45, 2.75) is 0 Å². The van der Waals surface area contributed by atoms with Crippen LogP contribution in [-0.4, -0.2) is 31.9 Å². The summed E-state index contributed by atoms with van der Waals surface area (Å²) in [5.74, 6) is -2.31. The summed E-state index contributed by atoms with van der Waals surface area (Å²) in [6.45, 7) is 0. The van der Waals surface area contributed by atoms with Crippen LogP contribution < -0.4 is 5.56 Å². The van der Waals surface area contributed by atoms with Gasteiger partial charge in [-0.15, -0.1) is 0 Å². The zero-order chi connectivity index (χ0) is 20.4. The molecule has 3 N–H and O–H groups in total. The van der Waals surface area contributed by atoms with E-state index in [0.29, 0.717) is 0 Å². The first-order valence-electron chi connectivity index (χ1n) is 7.69. The molecule has 2 aromatic carbocycles. The zero-order valence-electron chi connectivity index (χ0n) is 13.9. The second kappa shape index (κ2) is 7.75. The minimum Gasteiger partial charge on any atom is -0.494 e. The predicted octanol–water partition coefficient (Wildman–Crippen LogP) is 3.84. The molecule has 0 atom stereocenters. The maximum absolute atomic E-state index is 13.4. The van der Waals surface area contributed by atoms with Gasteiger partial charge in [-0.3, -0.25) is 19.3 Å². The van der Waals surface area contributed by atoms with E-state index < -0.39 is 23.2 Å². The van der Waals surface area contributed by atoms with Crippen molar-refractivity contribution in [3.63, 3.8) is 0 Å². The van der Waals surface area contributed by atoms with Gasteiger partial charge in [-0.1, -0.05) is 17.7 Å². The third-order valence-electron chi connectivity index (χ3n) is 3.72. The second-order valence-electron chi connectivity index (χ2n) is 5.54. The molecular formula is C18H11ClFN3O4S. The Bertz CT molecular complexity index is 1240. The number of halogens is 2. The molecule has 0 saturated carbocycles. The highest BCUT2D eigenvalue weighted by molar-refractivity contribution is 7.71. The van der Waals surface area contributed by atoms with E-state index in [1.807, 2.05) is 0 Å². The Labute approximate surface area is 167 Å². The quantitative estimate of drug-likeness (QED) is 0.440. The van der Waals surface area contributed by atoms with Crippen molar-refractivity contribution in [3.05, 3.63) is 79.6 Å². The maximum Gasteiger partial charge on any atom is 0.335 e. The fourth-order valence-electron chi connectivity index (χ4n) is 2.38. The van der Waals surface area contributed by atoms with Crippen LogP contribution in [0.4, 0.5) is 10.1 Å². The highest BCUT2D eigenvalue weighted by atomic mass is 35.5. The fourth-order valence-corrected chi connectivity index (χ4v) is 2.84. The second-order valence-corrected chi connectivity index (χ2v) is 6.34. The lowest BCUT2D eigenvalue weighted by Gasteiger charge is -2.11. The minimum atomic E-state index is -1.13. The van der Waals surface area contributed by atoms with E-state index in [4.69, 9.17) is 28.9 Å². The average molecular weight is 420 g/mol. The molecule has 0 spiro atoms. The van der Waals surface area contributed by atoms with Gasteiger partial charge in [-0.05, 0) is 48.6 Å². The number of nitrogens with zero attached hydrogens (tertiary/aromatic N) is 2. The van der Waals surface area contributed by atoms with Gasteiger partial charge in [0.2, 0.25) is 5.88 Å². The Hall–Kier alpha value is -3.30. The van der Waals surface area contributed by atoms with Crippen molar-refractivity contribution in [1.82, 2.24) is 9.55 Å². The van der Waals surface area contributed by atoms with Crippen molar-refractivity contribution >= 4 is 41.7 Å². The molecule has 0 fully saturated rings. The molecule has 1 aromatic heterocycles. The van der Waals surface area contributed by atoms with Gasteiger partial charge in [0.05, 0.1) is 22.0 Å². The lowest BCUT2D eigenvalue weighted by molar-refractivity contribution is 0.0697. The highest BCUT2D eigenvalue weighted by Crippen LogP contribution is 2.24. The molecular weight excluding hydrogens is 409 g/mol. The molecule has 3 aromatic rings. The molecule has 0 aliphatic heterocycles. The van der Waals surface area contributed by atoms with Gasteiger partial charge >= 0.3 is 5.97 Å². The van der Waals surface area contributed by atoms with Crippen LogP contribution in [-0.2, 0) is 0 Å². The Balaban J connectivity index is 2.11. The minimum absolute atomic E-state index is 0.0182. The molecule has 0 amide bonds. The Morgan fingerprint density at radius 3 is 2.71 bits per heavy atom. The van der Waals surface area contributed by atoms with Gasteiger partial charge < -0.3 is 10.2 Å². The van der Waals surface area contributed by atoms with Gasteiger partial charge in [-0.25, -0.2) is 9.18 Å². The summed E-state index contributed by atoms with van der Waals surface area (Å²) < 4.78 is 14.4. The number of aliphatic imine (C=N–C) groups is 1. The highest BCUT2D eigenvalue weighted by Gasteiger charge is 2.14. The summed E-state index contributed by atoms with van der Waals surface area (Å²) in [5, 5.41) is 19.4. The third kappa shape index (κ3) is 3.85. The zero-order valence-corrected chi connectivity index (χ0v) is 15.5. The first-order chi connectivity index (χ1) is 13.3. The number of benzene rings is 2. The standard InChI is InChI=1S/C18H11ClFN3O4S/c19-13-7-11(4-5-14(13)20)23-16(25)12(15(24)22-18(23)28)8-21-10-3-1-2-9(6-10)17(26)27/h1-8,25H,(H,26,27)(H,22,24,28). The van der Waals surface area contributed by atoms with E-state index >= 15 is 0 Å². The van der Waals surface area contributed by atoms with E-state index in [2.05, 4.69) is 9.98 Å². The summed E-state index contributed by atoms with van der Waals surface area (Å²) in [6.07, 6.45) is 1.07. The van der Waals surface area contributed by atoms with E-state index in [9.17, 15) is 19.1 Å². The van der Waals surface area contributed by atoms with Crippen LogP contribution in [0.5, 0.6) is 5.88 Å². The van der Waals surface area contributed by atoms with E-state index in [1.54, 1.807) is 0 Å². The number of H-pyrrole nitrogens is 1. The number of hydrogen-bond acceptors (Lipinski definition) is 5. The summed E-state index contributed by atoms with van der Waals surface area (Å²) in [5.41, 5.74) is -0.421. The molecule has 3 rings (SSSR count). The van der Waals surface area contributed by atoms with Crippen molar-refractivity contribution < 1.29 is 19.4 Å². The lowest BCUT2D eigenvalue weighted by Crippen LogP contribution is -2.18. The SMILES string of the molecule is O=C(O)c1cccc(N=Cc2c(O)n(-c3ccc(F)c(Cl)c3)c(=S)[nH]c2=O)c1. The van der Waals surface area contributed by atoms with E-state index in [-0.39, 0.29) is 32.3 Å². The van der Waals surface area contributed by atoms with Crippen LogP contribution in [0.25, 0.3) is 5.69 Å². The van der Waals surface area contributed by atoms with Gasteiger partial charge in [0.1, 0.15) is 11.4 Å². The number of aromatic nitrogens is 2. The molecule has 0 aliphatic rings. The topological polar surface area (TPSA) is 108 Å². The molecule has 0 aliphatic carbocycles. The fraction of sp³-hybridized carbons (Fsp3) is 0. The van der Waals surface area contributed by atoms with Gasteiger partial charge in [0, 0.05) is 6.21 Å². The van der Waals surface area contributed by atoms with Crippen molar-refractivity contribution in [2.75, 3.05) is 0 Å². The summed E-state index contributed by atoms with van der Waals surface area (Å²) in [6, 6.07) is 9.38. The number of aromatic carboxylic acids is 1. The molecule has 0 unspecified atom stereocenters. The number of aromatic amines is 1. The van der Waals surface area contributed by atoms with Crippen LogP contribution in [0, 0.1) is 10.6 Å². The normalized spacial score (nSPS) is 11.1. The van der Waals surface area contributed by atoms with Crippen molar-refractivity contribution in [1.29, 1.82) is 0 Å². The molecule has 0 radical (unpaired) electrons. The molecule has 0 bridgehead atoms. The molecule has 10 heteroatoms. The number of carbonyl (C=O) groups is 1. The molecule has 0 saturated heterocycles. The summed E-state index contributed by atoms with van der Waals surface area (Å²) in [4.78, 5) is 29.6. The van der Waals surface area contributed by atoms with E-state index in [1.165, 1.54) is 36.4 Å². The number of aromatic hydroxyl groups is 1. The Kier molecular flexibility index (Phi) is 5.39. The number of rotatable bonds is 4. The molecule has 28 heavy (non-hydrogen) atoms. The monoisotopic (exact) mass is 419 g/mol. The largest absolute Gasteiger partial charge is 0.494 e. The first-order valence-corrected chi connectivity index (χ1v) is 8.47. The molecule has 7 nitrogen and oxygen atoms in total. The van der Waals surface area contributed by atoms with Gasteiger partial charge in [0.25, 0.3) is 5.56 Å². The van der Waals surface area contributed by atoms with Crippen LogP contribution in [0.1, 0.15) is 15.9 Å². The third-order valence-corrected chi connectivity index (χ3v) is 4.29. The first kappa shape index (κ1) is 19.5. The average Bonchev–Trinajstić information content (AvgIpc) is 2.64. The molecule has 1 heterocycles. The van der Waals surface area contributed by atoms with Crippen LogP contribution in [0.3, 0.4) is 0 Å². The van der Waals surface area contributed by atoms with Crippen LogP contribution >= 0.6 is 23.8 Å².